The molecule has 1 aliphatic rings. The lowest BCUT2D eigenvalue weighted by Crippen LogP contribution is -2.32. The van der Waals surface area contributed by atoms with Crippen LogP contribution in [0.3, 0.4) is 0 Å². The number of nitrogens with two attached hydrogens (primary N) is 1. The van der Waals surface area contributed by atoms with Gasteiger partial charge in [-0.2, -0.15) is 0 Å². The van der Waals surface area contributed by atoms with Crippen LogP contribution < -0.4 is 5.73 Å². The number of benzene rings is 2. The number of halogens is 1. The van der Waals surface area contributed by atoms with Crippen LogP contribution in [-0.2, 0) is 6.42 Å². The summed E-state index contributed by atoms with van der Waals surface area (Å²) in [5.74, 6) is -1.13. The molecule has 0 spiro atoms. The Hall–Kier alpha value is -2.69. The number of amides is 2. The lowest BCUT2D eigenvalue weighted by molar-refractivity contribution is 0.0656. The van der Waals surface area contributed by atoms with Gasteiger partial charge in [0.15, 0.2) is 0 Å². The first-order valence-electron chi connectivity index (χ1n) is 6.57. The summed E-state index contributed by atoms with van der Waals surface area (Å²) in [4.78, 5) is 25.6. The van der Waals surface area contributed by atoms with E-state index in [0.29, 0.717) is 16.8 Å². The molecule has 0 bridgehead atoms. The van der Waals surface area contributed by atoms with Crippen molar-refractivity contribution in [1.29, 1.82) is 0 Å². The van der Waals surface area contributed by atoms with Crippen molar-refractivity contribution in [3.05, 3.63) is 65.0 Å². The van der Waals surface area contributed by atoms with Gasteiger partial charge in [0.2, 0.25) is 0 Å². The Morgan fingerprint density at radius 3 is 2.48 bits per heavy atom. The van der Waals surface area contributed by atoms with Crippen molar-refractivity contribution in [1.82, 2.24) is 4.90 Å². The summed E-state index contributed by atoms with van der Waals surface area (Å²) in [6, 6.07) is 11.1. The average molecular weight is 284 g/mol. The number of hydrogen-bond donors (Lipinski definition) is 1. The summed E-state index contributed by atoms with van der Waals surface area (Å²) >= 11 is 0. The number of hydrogen-bond acceptors (Lipinski definition) is 3. The Balaban J connectivity index is 1.83. The van der Waals surface area contributed by atoms with Crippen molar-refractivity contribution in [3.63, 3.8) is 0 Å². The number of fused-ring (bicyclic) bond motifs is 1. The van der Waals surface area contributed by atoms with Gasteiger partial charge in [-0.05, 0) is 30.2 Å². The van der Waals surface area contributed by atoms with E-state index in [-0.39, 0.29) is 30.3 Å². The molecular weight excluding hydrogens is 271 g/mol. The van der Waals surface area contributed by atoms with Gasteiger partial charge in [0, 0.05) is 12.2 Å². The Kier molecular flexibility index (Phi) is 3.17. The van der Waals surface area contributed by atoms with Crippen LogP contribution in [0, 0.1) is 5.82 Å². The van der Waals surface area contributed by atoms with E-state index in [1.807, 2.05) is 0 Å². The molecule has 2 N–H and O–H groups in total. The number of anilines is 1. The summed E-state index contributed by atoms with van der Waals surface area (Å²) in [5, 5.41) is 0. The molecule has 2 amide bonds. The minimum absolute atomic E-state index is 0.132. The minimum Gasteiger partial charge on any atom is -0.398 e. The van der Waals surface area contributed by atoms with Crippen molar-refractivity contribution in [3.8, 4) is 0 Å². The highest BCUT2D eigenvalue weighted by molar-refractivity contribution is 6.23. The maximum atomic E-state index is 13.6. The fraction of sp³-hybridized carbons (Fsp3) is 0.125. The zero-order chi connectivity index (χ0) is 15.0. The standard InChI is InChI=1S/C16H13FN2O2/c17-12-6-2-1-4-10(12)8-9-19-15(20)11-5-3-7-13(18)14(11)16(19)21/h1-7H,8-9,18H2. The Morgan fingerprint density at radius 1 is 1.00 bits per heavy atom. The second kappa shape index (κ2) is 5.01. The van der Waals surface area contributed by atoms with Crippen LogP contribution >= 0.6 is 0 Å². The van der Waals surface area contributed by atoms with Crippen LogP contribution in [-0.4, -0.2) is 23.3 Å². The molecule has 0 saturated heterocycles. The van der Waals surface area contributed by atoms with Gasteiger partial charge < -0.3 is 5.73 Å². The van der Waals surface area contributed by atoms with Crippen LogP contribution in [0.25, 0.3) is 0 Å². The van der Waals surface area contributed by atoms with E-state index < -0.39 is 5.91 Å². The van der Waals surface area contributed by atoms with Crippen LogP contribution in [0.15, 0.2) is 42.5 Å². The highest BCUT2D eigenvalue weighted by atomic mass is 19.1. The van der Waals surface area contributed by atoms with E-state index in [1.165, 1.54) is 6.07 Å². The van der Waals surface area contributed by atoms with Gasteiger partial charge >= 0.3 is 0 Å². The van der Waals surface area contributed by atoms with Gasteiger partial charge in [-0.15, -0.1) is 0 Å². The van der Waals surface area contributed by atoms with Crippen LogP contribution in [0.2, 0.25) is 0 Å². The van der Waals surface area contributed by atoms with Crippen LogP contribution in [0.4, 0.5) is 10.1 Å². The molecule has 0 aromatic heterocycles. The van der Waals surface area contributed by atoms with Gasteiger partial charge in [0.25, 0.3) is 11.8 Å². The third-order valence-corrected chi connectivity index (χ3v) is 3.59. The van der Waals surface area contributed by atoms with E-state index >= 15 is 0 Å². The summed E-state index contributed by atoms with van der Waals surface area (Å²) in [5.41, 5.74) is 7.08. The molecule has 3 rings (SSSR count). The molecule has 1 heterocycles. The summed E-state index contributed by atoms with van der Waals surface area (Å²) in [6.07, 6.45) is 0.276. The van der Waals surface area contributed by atoms with E-state index in [4.69, 9.17) is 5.73 Å². The topological polar surface area (TPSA) is 63.4 Å². The minimum atomic E-state index is -0.413. The first kappa shape index (κ1) is 13.3. The molecule has 106 valence electrons. The maximum absolute atomic E-state index is 13.6. The SMILES string of the molecule is Nc1cccc2c1C(=O)N(CCc1ccccc1F)C2=O. The molecule has 4 nitrogen and oxygen atoms in total. The molecule has 2 aromatic rings. The first-order chi connectivity index (χ1) is 10.1. The van der Waals surface area contributed by atoms with Gasteiger partial charge in [0.1, 0.15) is 5.82 Å². The fourth-order valence-electron chi connectivity index (χ4n) is 2.50. The monoisotopic (exact) mass is 284 g/mol. The maximum Gasteiger partial charge on any atom is 0.263 e. The molecule has 0 aliphatic carbocycles. The highest BCUT2D eigenvalue weighted by Crippen LogP contribution is 2.27. The van der Waals surface area contributed by atoms with Gasteiger partial charge in [0.05, 0.1) is 11.1 Å². The van der Waals surface area contributed by atoms with Crippen LogP contribution in [0.5, 0.6) is 0 Å². The van der Waals surface area contributed by atoms with E-state index in [9.17, 15) is 14.0 Å². The predicted molar refractivity (Wildman–Crippen MR) is 76.3 cm³/mol. The Morgan fingerprint density at radius 2 is 1.76 bits per heavy atom. The smallest absolute Gasteiger partial charge is 0.263 e. The quantitative estimate of drug-likeness (QED) is 0.694. The first-order valence-corrected chi connectivity index (χ1v) is 6.57. The normalized spacial score (nSPS) is 13.7. The molecule has 0 atom stereocenters. The number of nitrogens with zero attached hydrogens (tertiary/aromatic N) is 1. The van der Waals surface area contributed by atoms with E-state index in [1.54, 1.807) is 36.4 Å². The number of carbonyl (C=O) groups is 2. The van der Waals surface area contributed by atoms with E-state index in [0.717, 1.165) is 4.90 Å². The van der Waals surface area contributed by atoms with Gasteiger partial charge in [-0.3, -0.25) is 14.5 Å². The number of imide groups is 1. The largest absolute Gasteiger partial charge is 0.398 e. The zero-order valence-corrected chi connectivity index (χ0v) is 11.2. The number of rotatable bonds is 3. The van der Waals surface area contributed by atoms with Crippen molar-refractivity contribution in [2.24, 2.45) is 0 Å². The lowest BCUT2D eigenvalue weighted by atomic mass is 10.1. The Labute approximate surface area is 121 Å². The van der Waals surface area contributed by atoms with Crippen LogP contribution in [0.1, 0.15) is 26.3 Å². The molecule has 0 radical (unpaired) electrons. The van der Waals surface area contributed by atoms with Crippen molar-refractivity contribution >= 4 is 17.5 Å². The second-order valence-electron chi connectivity index (χ2n) is 4.87. The highest BCUT2D eigenvalue weighted by Gasteiger charge is 2.36. The molecular formula is C16H13FN2O2. The van der Waals surface area contributed by atoms with Crippen molar-refractivity contribution < 1.29 is 14.0 Å². The molecule has 0 saturated carbocycles. The van der Waals surface area contributed by atoms with Crippen molar-refractivity contribution in [2.75, 3.05) is 12.3 Å². The third kappa shape index (κ3) is 2.16. The molecule has 2 aromatic carbocycles. The van der Waals surface area contributed by atoms with E-state index in [2.05, 4.69) is 0 Å². The lowest BCUT2D eigenvalue weighted by Gasteiger charge is -2.14. The molecule has 0 unspecified atom stereocenters. The molecule has 5 heteroatoms. The summed E-state index contributed by atoms with van der Waals surface area (Å²) < 4.78 is 13.6. The zero-order valence-electron chi connectivity index (χ0n) is 11.2. The predicted octanol–water partition coefficient (Wildman–Crippen LogP) is 2.25. The Bertz CT molecular complexity index is 743. The summed E-state index contributed by atoms with van der Waals surface area (Å²) in [7, 11) is 0. The average Bonchev–Trinajstić information content (AvgIpc) is 2.72. The second-order valence-corrected chi connectivity index (χ2v) is 4.87. The fourth-order valence-corrected chi connectivity index (χ4v) is 2.50. The number of nitrogen functional groups attached to an aromatic ring is 1. The number of carbonyl (C=O) groups excluding carboxylic acids is 2. The van der Waals surface area contributed by atoms with Crippen molar-refractivity contribution in [2.45, 2.75) is 6.42 Å². The van der Waals surface area contributed by atoms with Gasteiger partial charge in [-0.25, -0.2) is 4.39 Å². The third-order valence-electron chi connectivity index (χ3n) is 3.59. The molecule has 21 heavy (non-hydrogen) atoms. The molecule has 0 fully saturated rings. The summed E-state index contributed by atoms with van der Waals surface area (Å²) in [6.45, 7) is 0.132. The van der Waals surface area contributed by atoms with Gasteiger partial charge in [-0.1, -0.05) is 24.3 Å². The molecule has 1 aliphatic heterocycles.